The molecule has 1 fully saturated rings. The molecule has 2 atom stereocenters. The summed E-state index contributed by atoms with van der Waals surface area (Å²) in [6.45, 7) is 4.55. The van der Waals surface area contributed by atoms with Gasteiger partial charge >= 0.3 is 0 Å². The highest BCUT2D eigenvalue weighted by atomic mass is 16.3. The van der Waals surface area contributed by atoms with Gasteiger partial charge in [-0.3, -0.25) is 4.98 Å². The molecule has 2 unspecified atom stereocenters. The molecule has 88 valence electrons. The van der Waals surface area contributed by atoms with E-state index in [9.17, 15) is 5.11 Å². The second-order valence-electron chi connectivity index (χ2n) is 5.57. The Morgan fingerprint density at radius 3 is 2.88 bits per heavy atom. The van der Waals surface area contributed by atoms with E-state index in [0.29, 0.717) is 5.92 Å². The van der Waals surface area contributed by atoms with Crippen LogP contribution in [0.15, 0.2) is 24.5 Å². The average molecular weight is 219 g/mol. The lowest BCUT2D eigenvalue weighted by atomic mass is 9.66. The first kappa shape index (κ1) is 11.6. The lowest BCUT2D eigenvalue weighted by Crippen LogP contribution is -2.32. The van der Waals surface area contributed by atoms with Crippen molar-refractivity contribution in [3.05, 3.63) is 30.1 Å². The summed E-state index contributed by atoms with van der Waals surface area (Å²) in [4.78, 5) is 4.09. The van der Waals surface area contributed by atoms with Crippen LogP contribution in [0.2, 0.25) is 0 Å². The standard InChI is InChI=1S/C14H21NO/c1-14(2)8-4-3-7-12(14)13(16)11-6-5-9-15-10-11/h5-6,9-10,12-13,16H,3-4,7-8H2,1-2H3. The minimum Gasteiger partial charge on any atom is -0.388 e. The number of hydrogen-bond acceptors (Lipinski definition) is 2. The number of aliphatic hydroxyl groups excluding tert-OH is 1. The zero-order chi connectivity index (χ0) is 11.6. The van der Waals surface area contributed by atoms with Crippen molar-refractivity contribution in [3.63, 3.8) is 0 Å². The molecular formula is C14H21NO. The summed E-state index contributed by atoms with van der Waals surface area (Å²) >= 11 is 0. The fourth-order valence-electron chi connectivity index (χ4n) is 2.89. The van der Waals surface area contributed by atoms with Gasteiger partial charge in [0.2, 0.25) is 0 Å². The summed E-state index contributed by atoms with van der Waals surface area (Å²) in [6.07, 6.45) is 8.06. The Labute approximate surface area is 97.7 Å². The van der Waals surface area contributed by atoms with Crippen molar-refractivity contribution in [1.29, 1.82) is 0 Å². The third-order valence-corrected chi connectivity index (χ3v) is 4.00. The third kappa shape index (κ3) is 2.27. The Hall–Kier alpha value is -0.890. The first-order chi connectivity index (χ1) is 7.61. The molecule has 16 heavy (non-hydrogen) atoms. The topological polar surface area (TPSA) is 33.1 Å². The van der Waals surface area contributed by atoms with Crippen molar-refractivity contribution in [2.45, 2.75) is 45.6 Å². The van der Waals surface area contributed by atoms with E-state index in [0.717, 1.165) is 12.0 Å². The Morgan fingerprint density at radius 2 is 2.25 bits per heavy atom. The maximum atomic E-state index is 10.4. The van der Waals surface area contributed by atoms with Gasteiger partial charge in [-0.1, -0.05) is 32.8 Å². The lowest BCUT2D eigenvalue weighted by molar-refractivity contribution is 0.00368. The van der Waals surface area contributed by atoms with Crippen LogP contribution in [0.5, 0.6) is 0 Å². The molecule has 1 aliphatic carbocycles. The molecule has 1 aromatic heterocycles. The van der Waals surface area contributed by atoms with Gasteiger partial charge in [-0.15, -0.1) is 0 Å². The van der Waals surface area contributed by atoms with E-state index < -0.39 is 0 Å². The molecule has 0 aromatic carbocycles. The highest BCUT2D eigenvalue weighted by molar-refractivity contribution is 5.14. The molecule has 0 saturated heterocycles. The summed E-state index contributed by atoms with van der Waals surface area (Å²) in [5.74, 6) is 0.366. The summed E-state index contributed by atoms with van der Waals surface area (Å²) in [6, 6.07) is 3.87. The second kappa shape index (κ2) is 4.54. The van der Waals surface area contributed by atoms with Crippen LogP contribution in [-0.4, -0.2) is 10.1 Å². The number of aliphatic hydroxyl groups is 1. The lowest BCUT2D eigenvalue weighted by Gasteiger charge is -2.41. The van der Waals surface area contributed by atoms with Crippen molar-refractivity contribution in [1.82, 2.24) is 4.98 Å². The Kier molecular flexibility index (Phi) is 3.29. The van der Waals surface area contributed by atoms with Gasteiger partial charge in [-0.2, -0.15) is 0 Å². The molecule has 0 bridgehead atoms. The van der Waals surface area contributed by atoms with E-state index in [2.05, 4.69) is 18.8 Å². The molecule has 1 aliphatic rings. The molecule has 0 spiro atoms. The SMILES string of the molecule is CC1(C)CCCCC1C(O)c1cccnc1. The first-order valence-corrected chi connectivity index (χ1v) is 6.19. The van der Waals surface area contributed by atoms with E-state index >= 15 is 0 Å². The molecule has 2 rings (SSSR count). The van der Waals surface area contributed by atoms with Crippen LogP contribution in [-0.2, 0) is 0 Å². The molecule has 0 aliphatic heterocycles. The normalized spacial score (nSPS) is 26.3. The smallest absolute Gasteiger partial charge is 0.0838 e. The van der Waals surface area contributed by atoms with Gasteiger partial charge in [0, 0.05) is 12.4 Å². The number of pyridine rings is 1. The number of hydrogen-bond donors (Lipinski definition) is 1. The minimum absolute atomic E-state index is 0.244. The van der Waals surface area contributed by atoms with Crippen LogP contribution in [0.1, 0.15) is 51.2 Å². The molecule has 1 N–H and O–H groups in total. The van der Waals surface area contributed by atoms with Gasteiger partial charge in [-0.05, 0) is 35.8 Å². The fourth-order valence-corrected chi connectivity index (χ4v) is 2.89. The number of rotatable bonds is 2. The van der Waals surface area contributed by atoms with Gasteiger partial charge in [0.15, 0.2) is 0 Å². The Morgan fingerprint density at radius 1 is 1.44 bits per heavy atom. The van der Waals surface area contributed by atoms with Crippen molar-refractivity contribution in [2.24, 2.45) is 11.3 Å². The van der Waals surface area contributed by atoms with Crippen LogP contribution < -0.4 is 0 Å². The van der Waals surface area contributed by atoms with Gasteiger partial charge < -0.3 is 5.11 Å². The Balaban J connectivity index is 2.17. The molecule has 1 saturated carbocycles. The van der Waals surface area contributed by atoms with E-state index in [1.165, 1.54) is 19.3 Å². The minimum atomic E-state index is -0.357. The highest BCUT2D eigenvalue weighted by Gasteiger charge is 2.37. The molecule has 2 heteroatoms. The predicted octanol–water partition coefficient (Wildman–Crippen LogP) is 3.33. The van der Waals surface area contributed by atoms with Crippen molar-refractivity contribution in [2.75, 3.05) is 0 Å². The van der Waals surface area contributed by atoms with E-state index in [4.69, 9.17) is 0 Å². The van der Waals surface area contributed by atoms with Crippen molar-refractivity contribution in [3.8, 4) is 0 Å². The van der Waals surface area contributed by atoms with Crippen molar-refractivity contribution >= 4 is 0 Å². The van der Waals surface area contributed by atoms with E-state index in [1.54, 1.807) is 12.4 Å². The highest BCUT2D eigenvalue weighted by Crippen LogP contribution is 2.46. The van der Waals surface area contributed by atoms with Crippen LogP contribution in [0.25, 0.3) is 0 Å². The van der Waals surface area contributed by atoms with E-state index in [-0.39, 0.29) is 11.5 Å². The van der Waals surface area contributed by atoms with Gasteiger partial charge in [0.25, 0.3) is 0 Å². The molecule has 0 radical (unpaired) electrons. The molecular weight excluding hydrogens is 198 g/mol. The number of aromatic nitrogens is 1. The maximum absolute atomic E-state index is 10.4. The largest absolute Gasteiger partial charge is 0.388 e. The van der Waals surface area contributed by atoms with Gasteiger partial charge in [-0.25, -0.2) is 0 Å². The molecule has 2 nitrogen and oxygen atoms in total. The predicted molar refractivity (Wildman–Crippen MR) is 64.9 cm³/mol. The van der Waals surface area contributed by atoms with Crippen LogP contribution >= 0.6 is 0 Å². The zero-order valence-electron chi connectivity index (χ0n) is 10.2. The quantitative estimate of drug-likeness (QED) is 0.827. The van der Waals surface area contributed by atoms with Crippen molar-refractivity contribution < 1.29 is 5.11 Å². The van der Waals surface area contributed by atoms with Gasteiger partial charge in [0.05, 0.1) is 6.10 Å². The average Bonchev–Trinajstić information content (AvgIpc) is 2.29. The van der Waals surface area contributed by atoms with Crippen LogP contribution in [0.3, 0.4) is 0 Å². The number of nitrogens with zero attached hydrogens (tertiary/aromatic N) is 1. The monoisotopic (exact) mass is 219 g/mol. The Bertz CT molecular complexity index is 334. The fraction of sp³-hybridized carbons (Fsp3) is 0.643. The van der Waals surface area contributed by atoms with Crippen LogP contribution in [0, 0.1) is 11.3 Å². The zero-order valence-corrected chi connectivity index (χ0v) is 10.2. The van der Waals surface area contributed by atoms with E-state index in [1.807, 2.05) is 12.1 Å². The molecule has 1 aromatic rings. The summed E-state index contributed by atoms with van der Waals surface area (Å²) in [5.41, 5.74) is 1.20. The summed E-state index contributed by atoms with van der Waals surface area (Å²) < 4.78 is 0. The van der Waals surface area contributed by atoms with Gasteiger partial charge in [0.1, 0.15) is 0 Å². The third-order valence-electron chi connectivity index (χ3n) is 4.00. The van der Waals surface area contributed by atoms with Crippen LogP contribution in [0.4, 0.5) is 0 Å². The molecule has 1 heterocycles. The summed E-state index contributed by atoms with van der Waals surface area (Å²) in [7, 11) is 0. The second-order valence-corrected chi connectivity index (χ2v) is 5.57. The maximum Gasteiger partial charge on any atom is 0.0838 e. The first-order valence-electron chi connectivity index (χ1n) is 6.19. The summed E-state index contributed by atoms with van der Waals surface area (Å²) in [5, 5.41) is 10.4. The molecule has 0 amide bonds.